The molecule has 0 amide bonds. The Morgan fingerprint density at radius 2 is 1.94 bits per heavy atom. The highest BCUT2D eigenvalue weighted by atomic mass is 35.5. The highest BCUT2D eigenvalue weighted by Crippen LogP contribution is 2.31. The lowest BCUT2D eigenvalue weighted by Gasteiger charge is -2.32. The third-order valence-corrected chi connectivity index (χ3v) is 6.44. The van der Waals surface area contributed by atoms with Gasteiger partial charge < -0.3 is 24.7 Å². The van der Waals surface area contributed by atoms with Crippen LogP contribution in [0.4, 0.5) is 5.69 Å². The molecule has 2 heterocycles. The highest BCUT2D eigenvalue weighted by Gasteiger charge is 2.15. The topological polar surface area (TPSA) is 93.6 Å². The molecule has 0 aliphatic carbocycles. The molecule has 2 N–H and O–H groups in total. The molecule has 1 aliphatic rings. The molecule has 178 valence electrons. The summed E-state index contributed by atoms with van der Waals surface area (Å²) in [6, 6.07) is 12.8. The zero-order chi connectivity index (χ0) is 24.1. The number of H-pyrrole nitrogens is 1. The van der Waals surface area contributed by atoms with Crippen molar-refractivity contribution in [1.29, 1.82) is 5.26 Å². The van der Waals surface area contributed by atoms with E-state index in [-0.39, 0.29) is 5.56 Å². The molecule has 0 atom stereocenters. The van der Waals surface area contributed by atoms with Crippen LogP contribution in [-0.4, -0.2) is 68.3 Å². The molecule has 0 saturated carbocycles. The molecular weight excluding hydrogens is 454 g/mol. The molecule has 3 aromatic rings. The number of aromatic amines is 1. The minimum absolute atomic E-state index is 0.225. The van der Waals surface area contributed by atoms with Crippen LogP contribution in [-0.2, 0) is 6.54 Å². The van der Waals surface area contributed by atoms with Gasteiger partial charge in [0.25, 0.3) is 5.56 Å². The van der Waals surface area contributed by atoms with E-state index in [1.165, 1.54) is 7.11 Å². The van der Waals surface area contributed by atoms with Crippen molar-refractivity contribution in [2.24, 2.45) is 0 Å². The number of fused-ring (bicyclic) bond motifs is 1. The predicted molar refractivity (Wildman–Crippen MR) is 134 cm³/mol. The summed E-state index contributed by atoms with van der Waals surface area (Å²) in [5.41, 5.74) is 2.10. The van der Waals surface area contributed by atoms with Crippen LogP contribution < -0.4 is 20.3 Å². The highest BCUT2D eigenvalue weighted by molar-refractivity contribution is 6.36. The van der Waals surface area contributed by atoms with Crippen molar-refractivity contribution in [3.8, 4) is 17.6 Å². The number of anilines is 1. The van der Waals surface area contributed by atoms with Crippen LogP contribution >= 0.6 is 11.6 Å². The van der Waals surface area contributed by atoms with E-state index >= 15 is 0 Å². The molecule has 34 heavy (non-hydrogen) atoms. The Hall–Kier alpha value is -3.25. The first-order chi connectivity index (χ1) is 16.5. The van der Waals surface area contributed by atoms with E-state index in [1.54, 1.807) is 18.2 Å². The minimum Gasteiger partial charge on any atom is -0.495 e. The Bertz CT molecular complexity index is 1260. The van der Waals surface area contributed by atoms with Gasteiger partial charge in [-0.3, -0.25) is 9.69 Å². The number of nitrogens with zero attached hydrogens (tertiary/aromatic N) is 3. The number of halogens is 1. The molecule has 9 heteroatoms. The standard InChI is InChI=1S/C25H28ClN5O3/c1-30-7-9-31(10-8-30)11-12-34-21-6-4-17-13-19(25(32)29-24(17)23(21)26)16-28-20-5-3-18(15-27)22(14-20)33-2/h3-6,13-14,28H,7-12,16H2,1-2H3,(H,29,32). The van der Waals surface area contributed by atoms with Gasteiger partial charge in [0.1, 0.15) is 29.2 Å². The van der Waals surface area contributed by atoms with E-state index in [0.29, 0.717) is 46.3 Å². The molecule has 1 saturated heterocycles. The van der Waals surface area contributed by atoms with Crippen LogP contribution in [0.15, 0.2) is 41.2 Å². The number of piperazine rings is 1. The SMILES string of the molecule is COc1cc(NCc2cc3ccc(OCCN4CCN(C)CC4)c(Cl)c3[nH]c2=O)ccc1C#N. The van der Waals surface area contributed by atoms with Gasteiger partial charge in [0, 0.05) is 62.0 Å². The van der Waals surface area contributed by atoms with E-state index in [0.717, 1.165) is 43.8 Å². The van der Waals surface area contributed by atoms with E-state index in [9.17, 15) is 4.79 Å². The molecule has 1 fully saturated rings. The number of hydrogen-bond donors (Lipinski definition) is 2. The summed E-state index contributed by atoms with van der Waals surface area (Å²) in [5, 5.41) is 13.6. The summed E-state index contributed by atoms with van der Waals surface area (Å²) >= 11 is 6.57. The number of nitriles is 1. The van der Waals surface area contributed by atoms with E-state index in [2.05, 4.69) is 33.2 Å². The Kier molecular flexibility index (Phi) is 7.58. The molecule has 1 aliphatic heterocycles. The number of methoxy groups -OCH3 is 1. The fourth-order valence-corrected chi connectivity index (χ4v) is 4.23. The zero-order valence-electron chi connectivity index (χ0n) is 19.4. The van der Waals surface area contributed by atoms with Crippen LogP contribution in [0.25, 0.3) is 10.9 Å². The van der Waals surface area contributed by atoms with Gasteiger partial charge in [0.15, 0.2) is 0 Å². The van der Waals surface area contributed by atoms with Crippen molar-refractivity contribution in [1.82, 2.24) is 14.8 Å². The van der Waals surface area contributed by atoms with Crippen molar-refractivity contribution in [2.45, 2.75) is 6.54 Å². The molecular formula is C25H28ClN5O3. The average Bonchev–Trinajstić information content (AvgIpc) is 2.85. The molecule has 0 bridgehead atoms. The lowest BCUT2D eigenvalue weighted by Crippen LogP contribution is -2.45. The lowest BCUT2D eigenvalue weighted by molar-refractivity contribution is 0.134. The third kappa shape index (κ3) is 5.45. The van der Waals surface area contributed by atoms with Gasteiger partial charge >= 0.3 is 0 Å². The Labute approximate surface area is 203 Å². The van der Waals surface area contributed by atoms with Crippen molar-refractivity contribution in [2.75, 3.05) is 58.8 Å². The average molecular weight is 482 g/mol. The van der Waals surface area contributed by atoms with Crippen LogP contribution in [0, 0.1) is 11.3 Å². The maximum Gasteiger partial charge on any atom is 0.253 e. The van der Waals surface area contributed by atoms with E-state index in [1.807, 2.05) is 18.2 Å². The third-order valence-electron chi connectivity index (χ3n) is 6.06. The van der Waals surface area contributed by atoms with Crippen LogP contribution in [0.3, 0.4) is 0 Å². The van der Waals surface area contributed by atoms with Gasteiger partial charge in [-0.2, -0.15) is 5.26 Å². The van der Waals surface area contributed by atoms with Gasteiger partial charge in [-0.15, -0.1) is 0 Å². The van der Waals surface area contributed by atoms with E-state index in [4.69, 9.17) is 26.3 Å². The summed E-state index contributed by atoms with van der Waals surface area (Å²) in [5.74, 6) is 1.04. The summed E-state index contributed by atoms with van der Waals surface area (Å²) < 4.78 is 11.2. The first-order valence-electron chi connectivity index (χ1n) is 11.2. The van der Waals surface area contributed by atoms with Crippen LogP contribution in [0.5, 0.6) is 11.5 Å². The van der Waals surface area contributed by atoms with Crippen molar-refractivity contribution in [3.63, 3.8) is 0 Å². The second-order valence-electron chi connectivity index (χ2n) is 8.34. The van der Waals surface area contributed by atoms with E-state index < -0.39 is 0 Å². The van der Waals surface area contributed by atoms with Gasteiger partial charge in [0.2, 0.25) is 0 Å². The normalized spacial score (nSPS) is 14.6. The Morgan fingerprint density at radius 3 is 2.68 bits per heavy atom. The van der Waals surface area contributed by atoms with Gasteiger partial charge in [-0.05, 0) is 37.4 Å². The van der Waals surface area contributed by atoms with Gasteiger partial charge in [-0.25, -0.2) is 0 Å². The first-order valence-corrected chi connectivity index (χ1v) is 11.6. The van der Waals surface area contributed by atoms with Crippen molar-refractivity contribution >= 4 is 28.2 Å². The van der Waals surface area contributed by atoms with Crippen molar-refractivity contribution in [3.05, 3.63) is 62.9 Å². The Morgan fingerprint density at radius 1 is 1.15 bits per heavy atom. The summed E-state index contributed by atoms with van der Waals surface area (Å²) in [7, 11) is 3.65. The number of ether oxygens (including phenoxy) is 2. The number of benzene rings is 2. The number of nitrogens with one attached hydrogen (secondary N) is 2. The molecule has 2 aromatic carbocycles. The first kappa shape index (κ1) is 23.9. The fourth-order valence-electron chi connectivity index (χ4n) is 3.96. The fraction of sp³-hybridized carbons (Fsp3) is 0.360. The number of pyridine rings is 1. The molecule has 0 radical (unpaired) electrons. The second-order valence-corrected chi connectivity index (χ2v) is 8.72. The molecule has 8 nitrogen and oxygen atoms in total. The maximum atomic E-state index is 12.7. The quantitative estimate of drug-likeness (QED) is 0.509. The summed E-state index contributed by atoms with van der Waals surface area (Å²) in [4.78, 5) is 20.3. The Balaban J connectivity index is 1.43. The zero-order valence-corrected chi connectivity index (χ0v) is 20.1. The van der Waals surface area contributed by atoms with Gasteiger partial charge in [-0.1, -0.05) is 11.6 Å². The van der Waals surface area contributed by atoms with Crippen LogP contribution in [0.1, 0.15) is 11.1 Å². The molecule has 4 rings (SSSR count). The maximum absolute atomic E-state index is 12.7. The predicted octanol–water partition coefficient (Wildman–Crippen LogP) is 3.30. The molecule has 0 unspecified atom stereocenters. The summed E-state index contributed by atoms with van der Waals surface area (Å²) in [6.07, 6.45) is 0. The molecule has 1 aromatic heterocycles. The number of likely N-dealkylation sites (N-methyl/N-ethyl adjacent to an activating group) is 1. The van der Waals surface area contributed by atoms with Crippen molar-refractivity contribution < 1.29 is 9.47 Å². The second kappa shape index (κ2) is 10.8. The minimum atomic E-state index is -0.225. The van der Waals surface area contributed by atoms with Gasteiger partial charge in [0.05, 0.1) is 18.2 Å². The van der Waals surface area contributed by atoms with Crippen LogP contribution in [0.2, 0.25) is 5.02 Å². The number of rotatable bonds is 8. The smallest absolute Gasteiger partial charge is 0.253 e. The number of hydrogen-bond acceptors (Lipinski definition) is 7. The molecule has 0 spiro atoms. The monoisotopic (exact) mass is 481 g/mol. The summed E-state index contributed by atoms with van der Waals surface area (Å²) in [6.45, 7) is 5.87. The largest absolute Gasteiger partial charge is 0.495 e. The lowest BCUT2D eigenvalue weighted by atomic mass is 10.1. The number of aromatic nitrogens is 1.